The standard InChI is InChI=1S/C11H13ClO4/c1-8(11(13)14)15-6-7-16-10-4-2-9(12)3-5-10/h2-5,8H,6-7H2,1H3,(H,13,14). The van der Waals surface area contributed by atoms with Gasteiger partial charge in [-0.3, -0.25) is 0 Å². The van der Waals surface area contributed by atoms with Gasteiger partial charge in [0.15, 0.2) is 6.10 Å². The van der Waals surface area contributed by atoms with Crippen LogP contribution in [0.3, 0.4) is 0 Å². The Bertz CT molecular complexity index is 336. The molecule has 4 nitrogen and oxygen atoms in total. The van der Waals surface area contributed by atoms with E-state index >= 15 is 0 Å². The monoisotopic (exact) mass is 244 g/mol. The minimum Gasteiger partial charge on any atom is -0.491 e. The van der Waals surface area contributed by atoms with Crippen molar-refractivity contribution >= 4 is 17.6 Å². The molecule has 0 heterocycles. The molecule has 0 aliphatic heterocycles. The molecule has 0 aromatic heterocycles. The maximum Gasteiger partial charge on any atom is 0.332 e. The lowest BCUT2D eigenvalue weighted by Crippen LogP contribution is -2.22. The van der Waals surface area contributed by atoms with Crippen molar-refractivity contribution in [2.45, 2.75) is 13.0 Å². The zero-order valence-electron chi connectivity index (χ0n) is 8.85. The van der Waals surface area contributed by atoms with Gasteiger partial charge in [-0.2, -0.15) is 0 Å². The van der Waals surface area contributed by atoms with Crippen molar-refractivity contribution in [3.05, 3.63) is 29.3 Å². The lowest BCUT2D eigenvalue weighted by Gasteiger charge is -2.09. The van der Waals surface area contributed by atoms with E-state index in [1.165, 1.54) is 6.92 Å². The molecule has 0 spiro atoms. The van der Waals surface area contributed by atoms with Crippen LogP contribution in [0.2, 0.25) is 5.02 Å². The minimum atomic E-state index is -0.980. The lowest BCUT2D eigenvalue weighted by molar-refractivity contribution is -0.149. The van der Waals surface area contributed by atoms with Crippen molar-refractivity contribution in [1.29, 1.82) is 0 Å². The van der Waals surface area contributed by atoms with E-state index in [0.717, 1.165) is 0 Å². The summed E-state index contributed by atoms with van der Waals surface area (Å²) in [5, 5.41) is 9.19. The van der Waals surface area contributed by atoms with Gasteiger partial charge in [0.1, 0.15) is 12.4 Å². The molecular weight excluding hydrogens is 232 g/mol. The van der Waals surface area contributed by atoms with Gasteiger partial charge in [-0.1, -0.05) is 11.6 Å². The predicted octanol–water partition coefficient (Wildman–Crippen LogP) is 2.21. The average molecular weight is 245 g/mol. The maximum absolute atomic E-state index is 10.4. The fourth-order valence-corrected chi connectivity index (χ4v) is 1.11. The number of carboxylic acid groups (broad SMARTS) is 1. The molecule has 0 saturated carbocycles. The van der Waals surface area contributed by atoms with E-state index in [1.54, 1.807) is 24.3 Å². The van der Waals surface area contributed by atoms with E-state index in [-0.39, 0.29) is 6.61 Å². The molecule has 1 rings (SSSR count). The molecule has 1 N–H and O–H groups in total. The van der Waals surface area contributed by atoms with Gasteiger partial charge in [-0.25, -0.2) is 4.79 Å². The van der Waals surface area contributed by atoms with Crippen LogP contribution in [-0.4, -0.2) is 30.4 Å². The molecule has 1 aromatic rings. The summed E-state index contributed by atoms with van der Waals surface area (Å²) in [7, 11) is 0. The van der Waals surface area contributed by atoms with Crippen LogP contribution in [0, 0.1) is 0 Å². The SMILES string of the molecule is CC(OCCOc1ccc(Cl)cc1)C(=O)O. The summed E-state index contributed by atoms with van der Waals surface area (Å²) in [6.45, 7) is 2.01. The van der Waals surface area contributed by atoms with E-state index in [9.17, 15) is 4.79 Å². The van der Waals surface area contributed by atoms with Crippen molar-refractivity contribution in [1.82, 2.24) is 0 Å². The number of hydrogen-bond donors (Lipinski definition) is 1. The number of aliphatic carboxylic acids is 1. The van der Waals surface area contributed by atoms with Crippen molar-refractivity contribution in [3.63, 3.8) is 0 Å². The first-order chi connectivity index (χ1) is 7.59. The summed E-state index contributed by atoms with van der Waals surface area (Å²) in [6.07, 6.45) is -0.811. The van der Waals surface area contributed by atoms with Gasteiger partial charge in [-0.15, -0.1) is 0 Å². The molecule has 88 valence electrons. The minimum absolute atomic E-state index is 0.232. The molecule has 0 radical (unpaired) electrons. The molecule has 0 aliphatic rings. The van der Waals surface area contributed by atoms with E-state index in [2.05, 4.69) is 0 Å². The van der Waals surface area contributed by atoms with Gasteiger partial charge in [0, 0.05) is 5.02 Å². The number of carboxylic acids is 1. The van der Waals surface area contributed by atoms with Gasteiger partial charge in [0.25, 0.3) is 0 Å². The van der Waals surface area contributed by atoms with Crippen LogP contribution in [0.15, 0.2) is 24.3 Å². The quantitative estimate of drug-likeness (QED) is 0.780. The number of ether oxygens (including phenoxy) is 2. The second kappa shape index (κ2) is 6.35. The van der Waals surface area contributed by atoms with Crippen molar-refractivity contribution in [2.75, 3.05) is 13.2 Å². The molecular formula is C11H13ClO4. The third-order valence-corrected chi connectivity index (χ3v) is 2.13. The average Bonchev–Trinajstić information content (AvgIpc) is 2.26. The zero-order chi connectivity index (χ0) is 12.0. The fourth-order valence-electron chi connectivity index (χ4n) is 0.987. The number of rotatable bonds is 6. The van der Waals surface area contributed by atoms with E-state index in [4.69, 9.17) is 26.2 Å². The Balaban J connectivity index is 2.21. The first-order valence-corrected chi connectivity index (χ1v) is 5.20. The molecule has 0 saturated heterocycles. The summed E-state index contributed by atoms with van der Waals surface area (Å²) in [5.41, 5.74) is 0. The first kappa shape index (κ1) is 12.8. The molecule has 5 heteroatoms. The highest BCUT2D eigenvalue weighted by atomic mass is 35.5. The number of benzene rings is 1. The highest BCUT2D eigenvalue weighted by Crippen LogP contribution is 2.15. The fraction of sp³-hybridized carbons (Fsp3) is 0.364. The summed E-state index contributed by atoms with van der Waals surface area (Å²) in [6, 6.07) is 6.92. The molecule has 0 aliphatic carbocycles. The number of hydrogen-bond acceptors (Lipinski definition) is 3. The Hall–Kier alpha value is -1.26. The predicted molar refractivity (Wildman–Crippen MR) is 60.0 cm³/mol. The third-order valence-electron chi connectivity index (χ3n) is 1.88. The van der Waals surface area contributed by atoms with Crippen LogP contribution >= 0.6 is 11.6 Å². The number of halogens is 1. The van der Waals surface area contributed by atoms with Crippen molar-refractivity contribution < 1.29 is 19.4 Å². The summed E-state index contributed by atoms with van der Waals surface area (Å²) in [4.78, 5) is 10.4. The molecule has 16 heavy (non-hydrogen) atoms. The van der Waals surface area contributed by atoms with Crippen molar-refractivity contribution in [2.24, 2.45) is 0 Å². The summed E-state index contributed by atoms with van der Waals surface area (Å²) >= 11 is 5.70. The summed E-state index contributed by atoms with van der Waals surface area (Å²) in [5.74, 6) is -0.303. The highest BCUT2D eigenvalue weighted by molar-refractivity contribution is 6.30. The van der Waals surface area contributed by atoms with E-state index < -0.39 is 12.1 Å². The van der Waals surface area contributed by atoms with E-state index in [0.29, 0.717) is 17.4 Å². The van der Waals surface area contributed by atoms with Gasteiger partial charge in [0.05, 0.1) is 6.61 Å². The van der Waals surface area contributed by atoms with Gasteiger partial charge >= 0.3 is 5.97 Å². The zero-order valence-corrected chi connectivity index (χ0v) is 9.61. The van der Waals surface area contributed by atoms with Gasteiger partial charge in [-0.05, 0) is 31.2 Å². The van der Waals surface area contributed by atoms with Crippen LogP contribution in [0.5, 0.6) is 5.75 Å². The van der Waals surface area contributed by atoms with E-state index in [1.807, 2.05) is 0 Å². The second-order valence-electron chi connectivity index (χ2n) is 3.15. The topological polar surface area (TPSA) is 55.8 Å². The van der Waals surface area contributed by atoms with Crippen molar-refractivity contribution in [3.8, 4) is 5.75 Å². The van der Waals surface area contributed by atoms with Gasteiger partial charge in [0.2, 0.25) is 0 Å². The molecule has 1 aromatic carbocycles. The maximum atomic E-state index is 10.4. The van der Waals surface area contributed by atoms with Crippen LogP contribution in [0.1, 0.15) is 6.92 Å². The van der Waals surface area contributed by atoms with Crippen LogP contribution in [0.25, 0.3) is 0 Å². The third kappa shape index (κ3) is 4.51. The van der Waals surface area contributed by atoms with Crippen LogP contribution in [0.4, 0.5) is 0 Å². The molecule has 0 fully saturated rings. The Labute approximate surface area is 98.7 Å². The Morgan fingerprint density at radius 2 is 2.00 bits per heavy atom. The largest absolute Gasteiger partial charge is 0.491 e. The smallest absolute Gasteiger partial charge is 0.332 e. The Morgan fingerprint density at radius 3 is 2.56 bits per heavy atom. The highest BCUT2D eigenvalue weighted by Gasteiger charge is 2.09. The number of carbonyl (C=O) groups is 1. The first-order valence-electron chi connectivity index (χ1n) is 4.82. The Kier molecular flexibility index (Phi) is 5.08. The van der Waals surface area contributed by atoms with Crippen LogP contribution < -0.4 is 4.74 Å². The molecule has 0 bridgehead atoms. The second-order valence-corrected chi connectivity index (χ2v) is 3.59. The Morgan fingerprint density at radius 1 is 1.38 bits per heavy atom. The molecule has 1 unspecified atom stereocenters. The normalized spacial score (nSPS) is 12.1. The van der Waals surface area contributed by atoms with Crippen LogP contribution in [-0.2, 0) is 9.53 Å². The molecule has 1 atom stereocenters. The summed E-state index contributed by atoms with van der Waals surface area (Å²) < 4.78 is 10.3. The molecule has 0 amide bonds. The van der Waals surface area contributed by atoms with Gasteiger partial charge < -0.3 is 14.6 Å². The lowest BCUT2D eigenvalue weighted by atomic mass is 10.3.